The second-order valence-corrected chi connectivity index (χ2v) is 2.99. The van der Waals surface area contributed by atoms with E-state index in [4.69, 9.17) is 5.11 Å². The topological polar surface area (TPSA) is 63.6 Å². The smallest absolute Gasteiger partial charge is 0.310 e. The lowest BCUT2D eigenvalue weighted by molar-refractivity contribution is -0.141. The molecule has 0 amide bonds. The summed E-state index contributed by atoms with van der Waals surface area (Å²) in [7, 11) is 0. The minimum Gasteiger partial charge on any atom is -0.481 e. The van der Waals surface area contributed by atoms with Gasteiger partial charge in [0.25, 0.3) is 0 Å². The highest BCUT2D eigenvalue weighted by atomic mass is 16.5. The fourth-order valence-electron chi connectivity index (χ4n) is 0.573. The van der Waals surface area contributed by atoms with Crippen LogP contribution in [0, 0.1) is 0 Å². The highest BCUT2D eigenvalue weighted by Crippen LogP contribution is 1.96. The quantitative estimate of drug-likeness (QED) is 0.557. The number of hydrogen-bond donors (Lipinski definition) is 1. The molecule has 1 N–H and O–H groups in total. The third-order valence-electron chi connectivity index (χ3n) is 1.13. The second kappa shape index (κ2) is 11.2. The number of carboxylic acids is 1. The minimum atomic E-state index is -0.829. The third-order valence-corrected chi connectivity index (χ3v) is 1.13. The standard InChI is InChI=1S/C8H12O2.C4H6O2/c1-4-5-10-8(9)6-7(2)3;1-2-3-4(5)6/h4H,1-2,5-6H2,3H3;2H,1,3H2,(H,5,6). The van der Waals surface area contributed by atoms with Crippen LogP contribution in [0.15, 0.2) is 37.5 Å². The first-order chi connectivity index (χ1) is 7.43. The lowest BCUT2D eigenvalue weighted by Crippen LogP contribution is -2.03. The SMILES string of the molecule is C=CCC(=O)O.C=CCOC(=O)CC(=C)C. The molecular formula is C12H18O4. The number of esters is 1. The van der Waals surface area contributed by atoms with Gasteiger partial charge in [0.05, 0.1) is 12.8 Å². The Labute approximate surface area is 95.9 Å². The molecule has 16 heavy (non-hydrogen) atoms. The van der Waals surface area contributed by atoms with Crippen LogP contribution in [-0.4, -0.2) is 23.7 Å². The van der Waals surface area contributed by atoms with E-state index < -0.39 is 5.97 Å². The molecule has 0 aliphatic rings. The van der Waals surface area contributed by atoms with Gasteiger partial charge in [-0.25, -0.2) is 0 Å². The Morgan fingerprint density at radius 1 is 1.31 bits per heavy atom. The van der Waals surface area contributed by atoms with Crippen LogP contribution in [-0.2, 0) is 14.3 Å². The summed E-state index contributed by atoms with van der Waals surface area (Å²) >= 11 is 0. The van der Waals surface area contributed by atoms with Crippen LogP contribution in [0.5, 0.6) is 0 Å². The first-order valence-electron chi connectivity index (χ1n) is 4.67. The molecule has 0 fully saturated rings. The monoisotopic (exact) mass is 226 g/mol. The molecule has 0 saturated carbocycles. The van der Waals surface area contributed by atoms with Crippen molar-refractivity contribution >= 4 is 11.9 Å². The third kappa shape index (κ3) is 18.0. The normalized spacial score (nSPS) is 8.06. The van der Waals surface area contributed by atoms with Gasteiger partial charge in [-0.3, -0.25) is 9.59 Å². The van der Waals surface area contributed by atoms with Crippen LogP contribution in [0.25, 0.3) is 0 Å². The molecule has 0 bridgehead atoms. The van der Waals surface area contributed by atoms with Gasteiger partial charge in [-0.2, -0.15) is 0 Å². The maximum absolute atomic E-state index is 10.7. The predicted octanol–water partition coefficient (Wildman–Crippen LogP) is 2.33. The van der Waals surface area contributed by atoms with Crippen molar-refractivity contribution in [1.82, 2.24) is 0 Å². The molecule has 0 rings (SSSR count). The van der Waals surface area contributed by atoms with Crippen molar-refractivity contribution in [1.29, 1.82) is 0 Å². The van der Waals surface area contributed by atoms with Gasteiger partial charge < -0.3 is 9.84 Å². The van der Waals surface area contributed by atoms with Gasteiger partial charge in [0.1, 0.15) is 6.61 Å². The van der Waals surface area contributed by atoms with E-state index in [1.807, 2.05) is 0 Å². The molecule has 0 aliphatic heterocycles. The van der Waals surface area contributed by atoms with Crippen molar-refractivity contribution in [2.45, 2.75) is 19.8 Å². The molecule has 0 aromatic heterocycles. The van der Waals surface area contributed by atoms with E-state index in [1.165, 1.54) is 12.2 Å². The summed E-state index contributed by atoms with van der Waals surface area (Å²) in [5.74, 6) is -1.07. The van der Waals surface area contributed by atoms with Crippen LogP contribution in [0.1, 0.15) is 19.8 Å². The number of aliphatic carboxylic acids is 1. The summed E-state index contributed by atoms with van der Waals surface area (Å²) in [6, 6.07) is 0. The van der Waals surface area contributed by atoms with Crippen molar-refractivity contribution in [3.63, 3.8) is 0 Å². The van der Waals surface area contributed by atoms with Crippen LogP contribution in [0.2, 0.25) is 0 Å². The number of carbonyl (C=O) groups is 2. The van der Waals surface area contributed by atoms with E-state index in [0.29, 0.717) is 6.42 Å². The van der Waals surface area contributed by atoms with Gasteiger partial charge >= 0.3 is 11.9 Å². The zero-order chi connectivity index (χ0) is 13.0. The van der Waals surface area contributed by atoms with Gasteiger partial charge in [0.15, 0.2) is 0 Å². The van der Waals surface area contributed by atoms with Crippen LogP contribution >= 0.6 is 0 Å². The molecule has 0 heterocycles. The molecule has 4 heteroatoms. The van der Waals surface area contributed by atoms with Crippen molar-refractivity contribution in [3.8, 4) is 0 Å². The Bertz CT molecular complexity index is 266. The Morgan fingerprint density at radius 3 is 2.12 bits per heavy atom. The molecule has 0 spiro atoms. The second-order valence-electron chi connectivity index (χ2n) is 2.99. The number of ether oxygens (including phenoxy) is 1. The summed E-state index contributed by atoms with van der Waals surface area (Å²) in [5.41, 5.74) is 0.814. The molecule has 4 nitrogen and oxygen atoms in total. The number of hydrogen-bond acceptors (Lipinski definition) is 3. The summed E-state index contributed by atoms with van der Waals surface area (Å²) in [6.07, 6.45) is 3.24. The average molecular weight is 226 g/mol. The van der Waals surface area contributed by atoms with Crippen LogP contribution < -0.4 is 0 Å². The van der Waals surface area contributed by atoms with E-state index in [2.05, 4.69) is 24.5 Å². The van der Waals surface area contributed by atoms with Crippen molar-refractivity contribution in [3.05, 3.63) is 37.5 Å². The molecule has 0 unspecified atom stereocenters. The maximum atomic E-state index is 10.7. The summed E-state index contributed by atoms with van der Waals surface area (Å²) in [6.45, 7) is 12.3. The van der Waals surface area contributed by atoms with Gasteiger partial charge in [-0.15, -0.1) is 6.58 Å². The number of carbonyl (C=O) groups excluding carboxylic acids is 1. The van der Waals surface area contributed by atoms with Crippen molar-refractivity contribution in [2.75, 3.05) is 6.61 Å². The Morgan fingerprint density at radius 2 is 1.88 bits per heavy atom. The molecule has 0 aromatic carbocycles. The predicted molar refractivity (Wildman–Crippen MR) is 63.0 cm³/mol. The van der Waals surface area contributed by atoms with E-state index >= 15 is 0 Å². The fourth-order valence-corrected chi connectivity index (χ4v) is 0.573. The molecular weight excluding hydrogens is 208 g/mol. The van der Waals surface area contributed by atoms with Gasteiger partial charge in [-0.05, 0) is 6.92 Å². The molecule has 90 valence electrons. The summed E-state index contributed by atoms with van der Waals surface area (Å²) < 4.78 is 4.68. The Balaban J connectivity index is 0. The number of rotatable bonds is 6. The van der Waals surface area contributed by atoms with E-state index in [-0.39, 0.29) is 19.0 Å². The zero-order valence-electron chi connectivity index (χ0n) is 9.57. The number of carboxylic acid groups (broad SMARTS) is 1. The summed E-state index contributed by atoms with van der Waals surface area (Å²) in [5, 5.41) is 7.84. The van der Waals surface area contributed by atoms with Crippen molar-refractivity contribution in [2.24, 2.45) is 0 Å². The molecule has 0 atom stereocenters. The lowest BCUT2D eigenvalue weighted by Gasteiger charge is -1.99. The van der Waals surface area contributed by atoms with Gasteiger partial charge in [-0.1, -0.05) is 30.9 Å². The van der Waals surface area contributed by atoms with Crippen LogP contribution in [0.3, 0.4) is 0 Å². The largest absolute Gasteiger partial charge is 0.481 e. The van der Waals surface area contributed by atoms with Crippen LogP contribution in [0.4, 0.5) is 0 Å². The first-order valence-corrected chi connectivity index (χ1v) is 4.67. The first kappa shape index (κ1) is 16.6. The molecule has 0 aromatic rings. The van der Waals surface area contributed by atoms with E-state index in [9.17, 15) is 9.59 Å². The van der Waals surface area contributed by atoms with Crippen molar-refractivity contribution < 1.29 is 19.4 Å². The average Bonchev–Trinajstić information content (AvgIpc) is 2.14. The lowest BCUT2D eigenvalue weighted by atomic mass is 10.2. The highest BCUT2D eigenvalue weighted by Gasteiger charge is 1.99. The van der Waals surface area contributed by atoms with E-state index in [1.54, 1.807) is 6.92 Å². The maximum Gasteiger partial charge on any atom is 0.310 e. The molecule has 0 radical (unpaired) electrons. The Hall–Kier alpha value is -1.84. The zero-order valence-corrected chi connectivity index (χ0v) is 9.57. The Kier molecular flexibility index (Phi) is 11.6. The minimum absolute atomic E-state index is 0.0556. The molecule has 0 aliphatic carbocycles. The summed E-state index contributed by atoms with van der Waals surface area (Å²) in [4.78, 5) is 20.2. The molecule has 0 saturated heterocycles. The van der Waals surface area contributed by atoms with Gasteiger partial charge in [0, 0.05) is 0 Å². The highest BCUT2D eigenvalue weighted by molar-refractivity contribution is 5.72. The van der Waals surface area contributed by atoms with E-state index in [0.717, 1.165) is 5.57 Å². The van der Waals surface area contributed by atoms with Gasteiger partial charge in [0.2, 0.25) is 0 Å². The fraction of sp³-hybridized carbons (Fsp3) is 0.333.